The highest BCUT2D eigenvalue weighted by atomic mass is 16.5. The highest BCUT2D eigenvalue weighted by Gasteiger charge is 1.95. The Kier molecular flexibility index (Phi) is 5.34. The average Bonchev–Trinajstić information content (AvgIpc) is 2.01. The summed E-state index contributed by atoms with van der Waals surface area (Å²) in [6, 6.07) is 0. The van der Waals surface area contributed by atoms with Gasteiger partial charge in [-0.25, -0.2) is 9.59 Å². The van der Waals surface area contributed by atoms with E-state index in [1.807, 2.05) is 0 Å². The predicted octanol–water partition coefficient (Wildman–Crippen LogP) is 0.746. The van der Waals surface area contributed by atoms with Gasteiger partial charge in [-0.05, 0) is 6.42 Å². The molecule has 0 aromatic rings. The Hall–Kier alpha value is -1.58. The zero-order valence-electron chi connectivity index (χ0n) is 6.53. The van der Waals surface area contributed by atoms with E-state index in [2.05, 4.69) is 11.3 Å². The van der Waals surface area contributed by atoms with Crippen LogP contribution in [0.1, 0.15) is 6.42 Å². The van der Waals surface area contributed by atoms with E-state index in [0.29, 0.717) is 6.42 Å². The van der Waals surface area contributed by atoms with Crippen LogP contribution in [0.2, 0.25) is 0 Å². The molecule has 12 heavy (non-hydrogen) atoms. The van der Waals surface area contributed by atoms with Gasteiger partial charge >= 0.3 is 11.9 Å². The maximum Gasteiger partial charge on any atom is 0.331 e. The lowest BCUT2D eigenvalue weighted by atomic mass is 10.4. The maximum absolute atomic E-state index is 10.6. The van der Waals surface area contributed by atoms with Crippen LogP contribution in [0.25, 0.3) is 0 Å². The first-order valence-electron chi connectivity index (χ1n) is 3.35. The van der Waals surface area contributed by atoms with Gasteiger partial charge in [0.25, 0.3) is 0 Å². The third-order valence-electron chi connectivity index (χ3n) is 0.928. The standard InChI is InChI=1S/C8H10O4/c1-2-3-6-12-8(11)5-4-7(9)10/h2,4-5H,1,3,6H2,(H,9,10)/b5-4+. The highest BCUT2D eigenvalue weighted by Crippen LogP contribution is 1.86. The predicted molar refractivity (Wildman–Crippen MR) is 42.5 cm³/mol. The minimum Gasteiger partial charge on any atom is -0.478 e. The van der Waals surface area contributed by atoms with E-state index in [1.165, 1.54) is 0 Å². The Bertz CT molecular complexity index is 205. The second-order valence-electron chi connectivity index (χ2n) is 1.92. The lowest BCUT2D eigenvalue weighted by Gasteiger charge is -1.96. The third kappa shape index (κ3) is 6.54. The molecular weight excluding hydrogens is 160 g/mol. The average molecular weight is 170 g/mol. The van der Waals surface area contributed by atoms with Crippen LogP contribution in [-0.4, -0.2) is 23.7 Å². The second-order valence-corrected chi connectivity index (χ2v) is 1.92. The van der Waals surface area contributed by atoms with Crippen LogP contribution in [-0.2, 0) is 14.3 Å². The number of aliphatic carboxylic acids is 1. The molecule has 0 saturated carbocycles. The summed E-state index contributed by atoms with van der Waals surface area (Å²) >= 11 is 0. The molecule has 0 atom stereocenters. The third-order valence-corrected chi connectivity index (χ3v) is 0.928. The molecule has 0 aliphatic heterocycles. The maximum atomic E-state index is 10.6. The number of hydrogen-bond acceptors (Lipinski definition) is 3. The number of hydrogen-bond donors (Lipinski definition) is 1. The van der Waals surface area contributed by atoms with Gasteiger partial charge in [0.2, 0.25) is 0 Å². The Balaban J connectivity index is 3.59. The summed E-state index contributed by atoms with van der Waals surface area (Å²) in [6.45, 7) is 3.66. The van der Waals surface area contributed by atoms with Crippen LogP contribution >= 0.6 is 0 Å². The number of esters is 1. The number of carbonyl (C=O) groups is 2. The Morgan fingerprint density at radius 2 is 2.08 bits per heavy atom. The van der Waals surface area contributed by atoms with E-state index in [4.69, 9.17) is 5.11 Å². The molecule has 0 bridgehead atoms. The summed E-state index contributed by atoms with van der Waals surface area (Å²) in [4.78, 5) is 20.5. The quantitative estimate of drug-likeness (QED) is 0.286. The fraction of sp³-hybridized carbons (Fsp3) is 0.250. The molecule has 0 aromatic heterocycles. The number of carbonyl (C=O) groups excluding carboxylic acids is 1. The van der Waals surface area contributed by atoms with Crippen molar-refractivity contribution in [1.82, 2.24) is 0 Å². The molecule has 4 nitrogen and oxygen atoms in total. The van der Waals surface area contributed by atoms with Gasteiger partial charge in [0.15, 0.2) is 0 Å². The van der Waals surface area contributed by atoms with Crippen molar-refractivity contribution in [2.45, 2.75) is 6.42 Å². The minimum absolute atomic E-state index is 0.228. The number of ether oxygens (including phenoxy) is 1. The second kappa shape index (κ2) is 6.15. The smallest absolute Gasteiger partial charge is 0.331 e. The SMILES string of the molecule is C=CCCOC(=O)/C=C/C(=O)O. The monoisotopic (exact) mass is 170 g/mol. The molecule has 0 aliphatic carbocycles. The molecule has 0 spiro atoms. The molecule has 1 N–H and O–H groups in total. The Morgan fingerprint density at radius 3 is 2.58 bits per heavy atom. The van der Waals surface area contributed by atoms with Gasteiger partial charge in [-0.3, -0.25) is 0 Å². The van der Waals surface area contributed by atoms with Crippen LogP contribution < -0.4 is 0 Å². The molecule has 0 aromatic carbocycles. The van der Waals surface area contributed by atoms with Gasteiger partial charge in [0, 0.05) is 12.2 Å². The van der Waals surface area contributed by atoms with Crippen LogP contribution in [0.5, 0.6) is 0 Å². The zero-order valence-corrected chi connectivity index (χ0v) is 6.53. The van der Waals surface area contributed by atoms with E-state index in [1.54, 1.807) is 6.08 Å². The topological polar surface area (TPSA) is 63.6 Å². The van der Waals surface area contributed by atoms with Crippen molar-refractivity contribution in [3.8, 4) is 0 Å². The highest BCUT2D eigenvalue weighted by molar-refractivity contribution is 5.90. The van der Waals surface area contributed by atoms with E-state index in [9.17, 15) is 9.59 Å². The van der Waals surface area contributed by atoms with Crippen molar-refractivity contribution >= 4 is 11.9 Å². The molecule has 66 valence electrons. The van der Waals surface area contributed by atoms with Crippen molar-refractivity contribution in [1.29, 1.82) is 0 Å². The molecule has 0 radical (unpaired) electrons. The largest absolute Gasteiger partial charge is 0.478 e. The van der Waals surface area contributed by atoms with E-state index < -0.39 is 11.9 Å². The van der Waals surface area contributed by atoms with Gasteiger partial charge in [-0.2, -0.15) is 0 Å². The van der Waals surface area contributed by atoms with Crippen molar-refractivity contribution in [3.05, 3.63) is 24.8 Å². The fourth-order valence-corrected chi connectivity index (χ4v) is 0.430. The van der Waals surface area contributed by atoms with Crippen LogP contribution in [0.15, 0.2) is 24.8 Å². The Labute approximate surface area is 70.1 Å². The minimum atomic E-state index is -1.17. The molecular formula is C8H10O4. The van der Waals surface area contributed by atoms with Gasteiger partial charge < -0.3 is 9.84 Å². The van der Waals surface area contributed by atoms with Crippen molar-refractivity contribution in [2.75, 3.05) is 6.61 Å². The lowest BCUT2D eigenvalue weighted by Crippen LogP contribution is -2.02. The van der Waals surface area contributed by atoms with Crippen LogP contribution in [0.4, 0.5) is 0 Å². The van der Waals surface area contributed by atoms with Crippen molar-refractivity contribution < 1.29 is 19.4 Å². The number of carboxylic acid groups (broad SMARTS) is 1. The lowest BCUT2D eigenvalue weighted by molar-refractivity contribution is -0.138. The normalized spacial score (nSPS) is 9.67. The van der Waals surface area contributed by atoms with E-state index in [-0.39, 0.29) is 6.61 Å². The summed E-state index contributed by atoms with van der Waals surface area (Å²) in [5.41, 5.74) is 0. The van der Waals surface area contributed by atoms with Crippen LogP contribution in [0, 0.1) is 0 Å². The molecule has 0 unspecified atom stereocenters. The van der Waals surface area contributed by atoms with Gasteiger partial charge in [-0.1, -0.05) is 6.08 Å². The molecule has 4 heteroatoms. The van der Waals surface area contributed by atoms with Crippen LogP contribution in [0.3, 0.4) is 0 Å². The number of carboxylic acids is 1. The van der Waals surface area contributed by atoms with E-state index in [0.717, 1.165) is 12.2 Å². The van der Waals surface area contributed by atoms with Gasteiger partial charge in [0.1, 0.15) is 0 Å². The van der Waals surface area contributed by atoms with Crippen molar-refractivity contribution in [2.24, 2.45) is 0 Å². The molecule has 0 fully saturated rings. The molecule has 0 heterocycles. The first-order valence-corrected chi connectivity index (χ1v) is 3.35. The summed E-state index contributed by atoms with van der Waals surface area (Å²) < 4.78 is 4.57. The van der Waals surface area contributed by atoms with Gasteiger partial charge in [0.05, 0.1) is 6.61 Å². The fourth-order valence-electron chi connectivity index (χ4n) is 0.430. The summed E-state index contributed by atoms with van der Waals surface area (Å²) in [5.74, 6) is -1.82. The van der Waals surface area contributed by atoms with Crippen molar-refractivity contribution in [3.63, 3.8) is 0 Å². The molecule has 0 aliphatic rings. The molecule has 0 amide bonds. The summed E-state index contributed by atoms with van der Waals surface area (Å²) in [6.07, 6.45) is 3.77. The first kappa shape index (κ1) is 10.4. The summed E-state index contributed by atoms with van der Waals surface area (Å²) in [5, 5.41) is 8.12. The first-order chi connectivity index (χ1) is 5.66. The van der Waals surface area contributed by atoms with E-state index >= 15 is 0 Å². The Morgan fingerprint density at radius 1 is 1.42 bits per heavy atom. The summed E-state index contributed by atoms with van der Waals surface area (Å²) in [7, 11) is 0. The number of rotatable bonds is 5. The van der Waals surface area contributed by atoms with Gasteiger partial charge in [-0.15, -0.1) is 6.58 Å². The zero-order chi connectivity index (χ0) is 9.40. The molecule has 0 rings (SSSR count). The molecule has 0 saturated heterocycles.